The number of hydrogen-bond donors (Lipinski definition) is 2. The minimum absolute atomic E-state index is 0.578. The predicted molar refractivity (Wildman–Crippen MR) is 117 cm³/mol. The fourth-order valence-corrected chi connectivity index (χ4v) is 3.65. The van der Waals surface area contributed by atoms with Crippen LogP contribution in [-0.2, 0) is 12.7 Å². The summed E-state index contributed by atoms with van der Waals surface area (Å²) in [4.78, 5) is 8.35. The Bertz CT molecular complexity index is 969. The van der Waals surface area contributed by atoms with Gasteiger partial charge in [0.1, 0.15) is 5.82 Å². The van der Waals surface area contributed by atoms with Gasteiger partial charge >= 0.3 is 6.18 Å². The van der Waals surface area contributed by atoms with Crippen LogP contribution in [0.5, 0.6) is 0 Å². The van der Waals surface area contributed by atoms with Gasteiger partial charge in [0.05, 0.1) is 5.56 Å². The summed E-state index contributed by atoms with van der Waals surface area (Å²) in [6, 6.07) is 20.7. The van der Waals surface area contributed by atoms with Crippen LogP contribution in [-0.4, -0.2) is 31.2 Å². The summed E-state index contributed by atoms with van der Waals surface area (Å²) < 4.78 is 38.3. The third-order valence-electron chi connectivity index (χ3n) is 5.30. The third kappa shape index (κ3) is 5.27. The van der Waals surface area contributed by atoms with Gasteiger partial charge in [0.2, 0.25) is 0 Å². The van der Waals surface area contributed by atoms with Crippen LogP contribution in [0.2, 0.25) is 0 Å². The van der Waals surface area contributed by atoms with Gasteiger partial charge in [-0.25, -0.2) is 10.4 Å². The largest absolute Gasteiger partial charge is 0.417 e. The average molecular weight is 427 g/mol. The Hall–Kier alpha value is -3.26. The van der Waals surface area contributed by atoms with Gasteiger partial charge in [-0.3, -0.25) is 0 Å². The molecule has 2 N–H and O–H groups in total. The van der Waals surface area contributed by atoms with E-state index in [1.54, 1.807) is 0 Å². The molecule has 4 rings (SSSR count). The number of benzene rings is 2. The minimum atomic E-state index is -4.36. The zero-order valence-electron chi connectivity index (χ0n) is 16.9. The van der Waals surface area contributed by atoms with E-state index in [4.69, 9.17) is 0 Å². The number of rotatable bonds is 6. The Morgan fingerprint density at radius 1 is 0.806 bits per heavy atom. The average Bonchev–Trinajstić information content (AvgIpc) is 2.80. The fraction of sp³-hybridized carbons (Fsp3) is 0.261. The van der Waals surface area contributed by atoms with E-state index in [9.17, 15) is 13.2 Å². The Morgan fingerprint density at radius 2 is 1.48 bits per heavy atom. The molecule has 1 aliphatic heterocycles. The summed E-state index contributed by atoms with van der Waals surface area (Å²) in [6.07, 6.45) is -3.46. The van der Waals surface area contributed by atoms with Gasteiger partial charge in [0, 0.05) is 50.3 Å². The molecule has 31 heavy (non-hydrogen) atoms. The molecule has 0 bridgehead atoms. The van der Waals surface area contributed by atoms with E-state index in [0.717, 1.165) is 36.7 Å². The Labute approximate surface area is 179 Å². The van der Waals surface area contributed by atoms with E-state index in [2.05, 4.69) is 32.9 Å². The van der Waals surface area contributed by atoms with Crippen molar-refractivity contribution >= 4 is 17.2 Å². The molecule has 0 amide bonds. The summed E-state index contributed by atoms with van der Waals surface area (Å²) in [5.41, 5.74) is 9.07. The van der Waals surface area contributed by atoms with Crippen LogP contribution < -0.4 is 20.7 Å². The number of pyridine rings is 1. The van der Waals surface area contributed by atoms with Crippen molar-refractivity contribution in [2.45, 2.75) is 12.7 Å². The Kier molecular flexibility index (Phi) is 6.27. The highest BCUT2D eigenvalue weighted by Gasteiger charge is 2.31. The van der Waals surface area contributed by atoms with Gasteiger partial charge in [-0.15, -0.1) is 0 Å². The van der Waals surface area contributed by atoms with E-state index in [0.29, 0.717) is 25.5 Å². The molecule has 0 saturated carbocycles. The lowest BCUT2D eigenvalue weighted by atomic mass is 10.1. The first-order valence-electron chi connectivity index (χ1n) is 10.2. The molecule has 0 radical (unpaired) electrons. The molecule has 5 nitrogen and oxygen atoms in total. The number of anilines is 3. The molecule has 8 heteroatoms. The molecule has 0 unspecified atom stereocenters. The van der Waals surface area contributed by atoms with Gasteiger partial charge in [0.25, 0.3) is 0 Å². The topological polar surface area (TPSA) is 43.4 Å². The molecule has 1 fully saturated rings. The second kappa shape index (κ2) is 9.26. The number of para-hydroxylation sites is 2. The zero-order chi connectivity index (χ0) is 21.7. The van der Waals surface area contributed by atoms with Crippen LogP contribution in [0, 0.1) is 0 Å². The summed E-state index contributed by atoms with van der Waals surface area (Å²) in [7, 11) is 0. The van der Waals surface area contributed by atoms with Gasteiger partial charge in [-0.05, 0) is 35.9 Å². The van der Waals surface area contributed by atoms with E-state index in [1.807, 2.05) is 47.4 Å². The molecular weight excluding hydrogens is 403 g/mol. The summed E-state index contributed by atoms with van der Waals surface area (Å²) >= 11 is 0. The number of hydrazine groups is 1. The van der Waals surface area contributed by atoms with Crippen molar-refractivity contribution < 1.29 is 13.2 Å². The highest BCUT2D eigenvalue weighted by Crippen LogP contribution is 2.30. The van der Waals surface area contributed by atoms with Crippen molar-refractivity contribution in [2.75, 3.05) is 41.4 Å². The first-order valence-corrected chi connectivity index (χ1v) is 10.2. The summed E-state index contributed by atoms with van der Waals surface area (Å²) in [5.74, 6) is 0.578. The second-order valence-electron chi connectivity index (χ2n) is 7.35. The van der Waals surface area contributed by atoms with Crippen LogP contribution in [0.1, 0.15) is 11.1 Å². The molecule has 2 aromatic carbocycles. The zero-order valence-corrected chi connectivity index (χ0v) is 16.9. The number of hydrogen-bond acceptors (Lipinski definition) is 5. The van der Waals surface area contributed by atoms with Crippen molar-refractivity contribution in [3.05, 3.63) is 84.1 Å². The van der Waals surface area contributed by atoms with Gasteiger partial charge in [0.15, 0.2) is 0 Å². The van der Waals surface area contributed by atoms with Crippen LogP contribution in [0.15, 0.2) is 72.9 Å². The number of nitrogens with zero attached hydrogens (tertiary/aromatic N) is 3. The van der Waals surface area contributed by atoms with Crippen molar-refractivity contribution in [3.8, 4) is 0 Å². The molecule has 1 saturated heterocycles. The number of halogens is 3. The maximum Gasteiger partial charge on any atom is 0.417 e. The van der Waals surface area contributed by atoms with Gasteiger partial charge in [-0.1, -0.05) is 36.4 Å². The number of alkyl halides is 3. The van der Waals surface area contributed by atoms with E-state index < -0.39 is 11.7 Å². The monoisotopic (exact) mass is 427 g/mol. The summed E-state index contributed by atoms with van der Waals surface area (Å²) in [5, 5.41) is 0. The molecule has 3 aromatic rings. The van der Waals surface area contributed by atoms with Gasteiger partial charge < -0.3 is 15.2 Å². The smallest absolute Gasteiger partial charge is 0.368 e. The van der Waals surface area contributed by atoms with E-state index >= 15 is 0 Å². The predicted octanol–water partition coefficient (Wildman–Crippen LogP) is 4.54. The molecular formula is C23H24F3N5. The van der Waals surface area contributed by atoms with Crippen LogP contribution in [0.25, 0.3) is 0 Å². The number of aromatic nitrogens is 1. The van der Waals surface area contributed by atoms with Crippen molar-refractivity contribution in [1.29, 1.82) is 0 Å². The highest BCUT2D eigenvalue weighted by molar-refractivity contribution is 5.55. The molecule has 1 aromatic heterocycles. The first kappa shape index (κ1) is 21.0. The molecule has 0 aliphatic carbocycles. The van der Waals surface area contributed by atoms with Crippen molar-refractivity contribution in [1.82, 2.24) is 10.4 Å². The van der Waals surface area contributed by atoms with E-state index in [-0.39, 0.29) is 0 Å². The van der Waals surface area contributed by atoms with Crippen molar-refractivity contribution in [2.24, 2.45) is 0 Å². The molecule has 0 spiro atoms. The quantitative estimate of drug-likeness (QED) is 0.566. The number of nitrogens with one attached hydrogen (secondary N) is 2. The lowest BCUT2D eigenvalue weighted by Crippen LogP contribution is -2.47. The minimum Gasteiger partial charge on any atom is -0.368 e. The molecule has 1 aliphatic rings. The molecule has 2 heterocycles. The maximum absolute atomic E-state index is 12.8. The maximum atomic E-state index is 12.8. The van der Waals surface area contributed by atoms with Crippen molar-refractivity contribution in [3.63, 3.8) is 0 Å². The second-order valence-corrected chi connectivity index (χ2v) is 7.35. The molecule has 0 atom stereocenters. The Morgan fingerprint density at radius 3 is 2.16 bits per heavy atom. The highest BCUT2D eigenvalue weighted by atomic mass is 19.4. The third-order valence-corrected chi connectivity index (χ3v) is 5.30. The molecule has 162 valence electrons. The fourth-order valence-electron chi connectivity index (χ4n) is 3.65. The van der Waals surface area contributed by atoms with E-state index in [1.165, 1.54) is 11.6 Å². The first-order chi connectivity index (χ1) is 15.0. The Balaban J connectivity index is 1.35. The summed E-state index contributed by atoms with van der Waals surface area (Å²) in [6.45, 7) is 3.59. The lowest BCUT2D eigenvalue weighted by molar-refractivity contribution is -0.137. The number of piperazine rings is 1. The van der Waals surface area contributed by atoms with Crippen LogP contribution >= 0.6 is 0 Å². The SMILES string of the molecule is FC(F)(F)c1ccc(N2CCN(c3ccccc3CNNc3ccccc3)CC2)nc1. The normalized spacial score (nSPS) is 14.5. The van der Waals surface area contributed by atoms with Crippen LogP contribution in [0.3, 0.4) is 0 Å². The standard InChI is InChI=1S/C23H24F3N5/c24-23(25,26)19-10-11-22(27-17-19)31-14-12-30(13-15-31)21-9-5-4-6-18(21)16-28-29-20-7-2-1-3-8-20/h1-11,17,28-29H,12-16H2. The van der Waals surface area contributed by atoms with Gasteiger partial charge in [-0.2, -0.15) is 13.2 Å². The lowest BCUT2D eigenvalue weighted by Gasteiger charge is -2.37. The van der Waals surface area contributed by atoms with Crippen LogP contribution in [0.4, 0.5) is 30.4 Å².